The first-order valence-corrected chi connectivity index (χ1v) is 7.30. The molecule has 0 atom stereocenters. The van der Waals surface area contributed by atoms with Gasteiger partial charge < -0.3 is 10.3 Å². The lowest BCUT2D eigenvalue weighted by molar-refractivity contribution is 0.137. The number of nitrogens with zero attached hydrogens (tertiary/aromatic N) is 5. The third-order valence-electron chi connectivity index (χ3n) is 3.68. The molecule has 3 aromatic heterocycles. The van der Waals surface area contributed by atoms with Gasteiger partial charge in [0.2, 0.25) is 5.82 Å². The first-order valence-electron chi connectivity index (χ1n) is 7.30. The Kier molecular flexibility index (Phi) is 3.33. The van der Waals surface area contributed by atoms with Crippen molar-refractivity contribution in [2.24, 2.45) is 0 Å². The molecule has 0 aliphatic rings. The number of rotatable bonds is 4. The minimum atomic E-state index is -2.74. The molecule has 0 aliphatic carbocycles. The number of aromatic nitrogens is 6. The maximum Gasteiger partial charge on any atom is 0.299 e. The molecule has 24 heavy (non-hydrogen) atoms. The molecule has 7 nitrogen and oxygen atoms in total. The quantitative estimate of drug-likeness (QED) is 0.601. The summed E-state index contributed by atoms with van der Waals surface area (Å²) in [4.78, 5) is 7.74. The fourth-order valence-electron chi connectivity index (χ4n) is 2.52. The van der Waals surface area contributed by atoms with Crippen LogP contribution in [0.25, 0.3) is 16.7 Å². The van der Waals surface area contributed by atoms with Crippen LogP contribution in [-0.4, -0.2) is 29.8 Å². The third kappa shape index (κ3) is 2.43. The SMILES string of the molecule is Cc1cccc2[nH]c(CNc3ccc4nnc(C(F)F)n4n3)nc12. The van der Waals surface area contributed by atoms with Crippen LogP contribution < -0.4 is 5.32 Å². The minimum absolute atomic E-state index is 0.273. The molecule has 122 valence electrons. The highest BCUT2D eigenvalue weighted by Gasteiger charge is 2.17. The van der Waals surface area contributed by atoms with Crippen LogP contribution in [0.15, 0.2) is 30.3 Å². The molecule has 0 spiro atoms. The van der Waals surface area contributed by atoms with E-state index in [0.717, 1.165) is 26.9 Å². The van der Waals surface area contributed by atoms with Crippen molar-refractivity contribution in [3.05, 3.63) is 47.5 Å². The Balaban J connectivity index is 1.59. The highest BCUT2D eigenvalue weighted by molar-refractivity contribution is 5.78. The van der Waals surface area contributed by atoms with Gasteiger partial charge in [0, 0.05) is 0 Å². The van der Waals surface area contributed by atoms with Crippen LogP contribution in [0.4, 0.5) is 14.6 Å². The van der Waals surface area contributed by atoms with E-state index in [-0.39, 0.29) is 5.65 Å². The van der Waals surface area contributed by atoms with Gasteiger partial charge in [-0.2, -0.15) is 4.52 Å². The highest BCUT2D eigenvalue weighted by atomic mass is 19.3. The Hall–Kier alpha value is -3.10. The molecular formula is C15H13F2N7. The second kappa shape index (κ2) is 5.52. The van der Waals surface area contributed by atoms with Crippen LogP contribution in [0.2, 0.25) is 0 Å². The topological polar surface area (TPSA) is 83.8 Å². The number of nitrogens with one attached hydrogen (secondary N) is 2. The minimum Gasteiger partial charge on any atom is -0.361 e. The van der Waals surface area contributed by atoms with Gasteiger partial charge in [-0.1, -0.05) is 12.1 Å². The highest BCUT2D eigenvalue weighted by Crippen LogP contribution is 2.18. The Bertz CT molecular complexity index is 1020. The number of benzene rings is 1. The Labute approximate surface area is 134 Å². The molecule has 4 aromatic rings. The molecular weight excluding hydrogens is 316 g/mol. The number of halogens is 2. The van der Waals surface area contributed by atoms with E-state index in [2.05, 4.69) is 30.6 Å². The van der Waals surface area contributed by atoms with E-state index in [1.54, 1.807) is 12.1 Å². The number of alkyl halides is 2. The number of imidazole rings is 1. The van der Waals surface area contributed by atoms with Crippen LogP contribution in [0, 0.1) is 6.92 Å². The van der Waals surface area contributed by atoms with Gasteiger partial charge in [-0.3, -0.25) is 0 Å². The number of H-pyrrole nitrogens is 1. The molecule has 0 amide bonds. The standard InChI is InChI=1S/C15H13F2N7/c1-8-3-2-4-9-13(8)20-11(19-9)7-18-10-5-6-12-21-22-15(14(16)17)24(12)23-10/h2-6,14H,7H2,1H3,(H,18,23)(H,19,20). The van der Waals surface area contributed by atoms with Gasteiger partial charge in [0.25, 0.3) is 6.43 Å². The van der Waals surface area contributed by atoms with Crippen molar-refractivity contribution < 1.29 is 8.78 Å². The van der Waals surface area contributed by atoms with E-state index in [1.807, 2.05) is 25.1 Å². The summed E-state index contributed by atoms with van der Waals surface area (Å²) in [6, 6.07) is 9.15. The summed E-state index contributed by atoms with van der Waals surface area (Å²) in [6.07, 6.45) is -2.74. The molecule has 3 heterocycles. The van der Waals surface area contributed by atoms with Gasteiger partial charge in [-0.25, -0.2) is 13.8 Å². The van der Waals surface area contributed by atoms with Crippen molar-refractivity contribution in [3.8, 4) is 0 Å². The van der Waals surface area contributed by atoms with Crippen molar-refractivity contribution in [1.82, 2.24) is 29.8 Å². The summed E-state index contributed by atoms with van der Waals surface area (Å²) < 4.78 is 26.8. The molecule has 2 N–H and O–H groups in total. The summed E-state index contributed by atoms with van der Waals surface area (Å²) in [7, 11) is 0. The van der Waals surface area contributed by atoms with E-state index in [9.17, 15) is 8.78 Å². The number of aryl methyl sites for hydroxylation is 1. The average molecular weight is 329 g/mol. The molecule has 0 bridgehead atoms. The Morgan fingerprint density at radius 2 is 2.08 bits per heavy atom. The van der Waals surface area contributed by atoms with Crippen LogP contribution in [0.5, 0.6) is 0 Å². The molecule has 0 saturated carbocycles. The number of hydrogen-bond acceptors (Lipinski definition) is 5. The van der Waals surface area contributed by atoms with Crippen molar-refractivity contribution in [2.75, 3.05) is 5.32 Å². The van der Waals surface area contributed by atoms with Crippen LogP contribution >= 0.6 is 0 Å². The third-order valence-corrected chi connectivity index (χ3v) is 3.68. The lowest BCUT2D eigenvalue weighted by atomic mass is 10.2. The summed E-state index contributed by atoms with van der Waals surface area (Å²) >= 11 is 0. The van der Waals surface area contributed by atoms with Gasteiger partial charge in [0.05, 0.1) is 17.6 Å². The fourth-order valence-corrected chi connectivity index (χ4v) is 2.52. The monoisotopic (exact) mass is 329 g/mol. The van der Waals surface area contributed by atoms with Crippen molar-refractivity contribution in [2.45, 2.75) is 19.9 Å². The lowest BCUT2D eigenvalue weighted by Gasteiger charge is -2.04. The molecule has 0 saturated heterocycles. The van der Waals surface area contributed by atoms with E-state index >= 15 is 0 Å². The molecule has 1 aromatic carbocycles. The zero-order valence-electron chi connectivity index (χ0n) is 12.7. The fraction of sp³-hybridized carbons (Fsp3) is 0.200. The molecule has 0 radical (unpaired) electrons. The molecule has 4 rings (SSSR count). The maximum absolute atomic E-state index is 12.9. The van der Waals surface area contributed by atoms with Gasteiger partial charge in [0.1, 0.15) is 11.6 Å². The first-order chi connectivity index (χ1) is 11.6. The van der Waals surface area contributed by atoms with Crippen molar-refractivity contribution >= 4 is 22.5 Å². The summed E-state index contributed by atoms with van der Waals surface area (Å²) in [5, 5.41) is 14.3. The van der Waals surface area contributed by atoms with Gasteiger partial charge in [-0.15, -0.1) is 15.3 Å². The van der Waals surface area contributed by atoms with Crippen LogP contribution in [0.1, 0.15) is 23.6 Å². The van der Waals surface area contributed by atoms with Crippen molar-refractivity contribution in [1.29, 1.82) is 0 Å². The zero-order valence-corrected chi connectivity index (χ0v) is 12.7. The van der Waals surface area contributed by atoms with E-state index in [1.165, 1.54) is 0 Å². The normalized spacial score (nSPS) is 11.7. The molecule has 9 heteroatoms. The number of fused-ring (bicyclic) bond motifs is 2. The summed E-state index contributed by atoms with van der Waals surface area (Å²) in [5.41, 5.74) is 3.22. The van der Waals surface area contributed by atoms with E-state index in [4.69, 9.17) is 0 Å². The average Bonchev–Trinajstić information content (AvgIpc) is 3.17. The Morgan fingerprint density at radius 1 is 1.21 bits per heavy atom. The second-order valence-corrected chi connectivity index (χ2v) is 5.36. The molecule has 0 unspecified atom stereocenters. The second-order valence-electron chi connectivity index (χ2n) is 5.36. The molecule has 0 fully saturated rings. The summed E-state index contributed by atoms with van der Waals surface area (Å²) in [6.45, 7) is 2.38. The largest absolute Gasteiger partial charge is 0.361 e. The zero-order chi connectivity index (χ0) is 16.7. The van der Waals surface area contributed by atoms with Crippen molar-refractivity contribution in [3.63, 3.8) is 0 Å². The van der Waals surface area contributed by atoms with Crippen LogP contribution in [0.3, 0.4) is 0 Å². The number of hydrogen-bond donors (Lipinski definition) is 2. The predicted molar refractivity (Wildman–Crippen MR) is 83.9 cm³/mol. The smallest absolute Gasteiger partial charge is 0.299 e. The number of anilines is 1. The predicted octanol–water partition coefficient (Wildman–Crippen LogP) is 2.86. The van der Waals surface area contributed by atoms with E-state index < -0.39 is 12.2 Å². The van der Waals surface area contributed by atoms with Gasteiger partial charge >= 0.3 is 0 Å². The van der Waals surface area contributed by atoms with Gasteiger partial charge in [-0.05, 0) is 30.7 Å². The number of para-hydroxylation sites is 1. The Morgan fingerprint density at radius 3 is 2.88 bits per heavy atom. The maximum atomic E-state index is 12.9. The van der Waals surface area contributed by atoms with Gasteiger partial charge in [0.15, 0.2) is 5.65 Å². The number of aromatic amines is 1. The summed E-state index contributed by atoms with van der Waals surface area (Å²) in [5.74, 6) is 0.688. The van der Waals surface area contributed by atoms with E-state index in [0.29, 0.717) is 12.4 Å². The first kappa shape index (κ1) is 14.5. The molecule has 0 aliphatic heterocycles. The lowest BCUT2D eigenvalue weighted by Crippen LogP contribution is -2.07. The van der Waals surface area contributed by atoms with Crippen LogP contribution in [-0.2, 0) is 6.54 Å².